The van der Waals surface area contributed by atoms with Crippen LogP contribution in [0.1, 0.15) is 48.4 Å². The quantitative estimate of drug-likeness (QED) is 0.885. The fourth-order valence-corrected chi connectivity index (χ4v) is 4.13. The molecule has 2 unspecified atom stereocenters. The lowest BCUT2D eigenvalue weighted by molar-refractivity contribution is 0.426. The molecule has 3 heteroatoms. The lowest BCUT2D eigenvalue weighted by Gasteiger charge is -2.06. The molecule has 3 nitrogen and oxygen atoms in total. The molecule has 0 amide bonds. The van der Waals surface area contributed by atoms with Gasteiger partial charge >= 0.3 is 0 Å². The highest BCUT2D eigenvalue weighted by Crippen LogP contribution is 2.62. The number of anilines is 1. The zero-order valence-electron chi connectivity index (χ0n) is 12.7. The van der Waals surface area contributed by atoms with Gasteiger partial charge < -0.3 is 10.3 Å². The van der Waals surface area contributed by atoms with E-state index < -0.39 is 0 Å². The minimum Gasteiger partial charge on any atom is -0.367 e. The van der Waals surface area contributed by atoms with Gasteiger partial charge in [-0.2, -0.15) is 0 Å². The number of hydrogen-bond acceptors (Lipinski definition) is 3. The Morgan fingerprint density at radius 1 is 1.10 bits per heavy atom. The van der Waals surface area contributed by atoms with Crippen LogP contribution >= 0.6 is 0 Å². The van der Waals surface area contributed by atoms with Gasteiger partial charge in [0.25, 0.3) is 0 Å². The summed E-state index contributed by atoms with van der Waals surface area (Å²) in [6.45, 7) is 4.27. The third kappa shape index (κ3) is 1.98. The van der Waals surface area contributed by atoms with Crippen LogP contribution in [0.2, 0.25) is 0 Å². The maximum absolute atomic E-state index is 6.09. The molecule has 4 rings (SSSR count). The van der Waals surface area contributed by atoms with Crippen LogP contribution in [0, 0.1) is 25.7 Å². The summed E-state index contributed by atoms with van der Waals surface area (Å²) in [5.41, 5.74) is 12.0. The Labute approximate surface area is 125 Å². The van der Waals surface area contributed by atoms with Crippen molar-refractivity contribution in [1.29, 1.82) is 0 Å². The van der Waals surface area contributed by atoms with Crippen molar-refractivity contribution in [2.75, 3.05) is 5.73 Å². The third-order valence-corrected chi connectivity index (χ3v) is 5.51. The molecule has 2 atom stereocenters. The lowest BCUT2D eigenvalue weighted by Crippen LogP contribution is -1.92. The molecule has 0 saturated heterocycles. The number of aromatic nitrogens is 1. The number of rotatable bonds is 2. The fourth-order valence-electron chi connectivity index (χ4n) is 4.13. The molecule has 0 spiro atoms. The first-order valence-electron chi connectivity index (χ1n) is 7.99. The van der Waals surface area contributed by atoms with Gasteiger partial charge in [-0.1, -0.05) is 36.2 Å². The first-order chi connectivity index (χ1) is 10.2. The van der Waals surface area contributed by atoms with E-state index in [-0.39, 0.29) is 0 Å². The molecule has 21 heavy (non-hydrogen) atoms. The van der Waals surface area contributed by atoms with Crippen LogP contribution in [0.4, 0.5) is 5.88 Å². The molecule has 1 heterocycles. The van der Waals surface area contributed by atoms with Crippen molar-refractivity contribution in [2.45, 2.75) is 45.4 Å². The van der Waals surface area contributed by atoms with Crippen molar-refractivity contribution in [2.24, 2.45) is 11.8 Å². The van der Waals surface area contributed by atoms with Gasteiger partial charge in [0.2, 0.25) is 5.88 Å². The molecular formula is C18H22N2O. The van der Waals surface area contributed by atoms with E-state index in [0.717, 1.165) is 28.7 Å². The number of nitrogens with two attached hydrogens (primary N) is 1. The second-order valence-electron chi connectivity index (χ2n) is 6.74. The van der Waals surface area contributed by atoms with Gasteiger partial charge in [-0.25, -0.2) is 0 Å². The number of hydrogen-bond donors (Lipinski definition) is 1. The Hall–Kier alpha value is -1.77. The second-order valence-corrected chi connectivity index (χ2v) is 6.74. The van der Waals surface area contributed by atoms with Gasteiger partial charge in [0, 0.05) is 5.92 Å². The molecule has 0 bridgehead atoms. The number of benzene rings is 1. The first-order valence-corrected chi connectivity index (χ1v) is 7.99. The molecule has 2 fully saturated rings. The Morgan fingerprint density at radius 3 is 2.48 bits per heavy atom. The number of nitrogen functional groups attached to an aromatic ring is 1. The minimum absolute atomic E-state index is 0.469. The van der Waals surface area contributed by atoms with Crippen LogP contribution in [0.5, 0.6) is 0 Å². The SMILES string of the molecule is Cc1ccc(-c2c(C3C4CCCCC43)noc2N)cc1C. The molecule has 110 valence electrons. The molecular weight excluding hydrogens is 260 g/mol. The van der Waals surface area contributed by atoms with Crippen LogP contribution < -0.4 is 5.73 Å². The van der Waals surface area contributed by atoms with Crippen molar-refractivity contribution in [3.63, 3.8) is 0 Å². The number of aryl methyl sites for hydroxylation is 2. The molecule has 1 aromatic carbocycles. The normalized spacial score (nSPS) is 27.4. The predicted octanol–water partition coefficient (Wildman–Crippen LogP) is 4.44. The van der Waals surface area contributed by atoms with Gasteiger partial charge in [-0.3, -0.25) is 0 Å². The van der Waals surface area contributed by atoms with E-state index in [1.807, 2.05) is 0 Å². The van der Waals surface area contributed by atoms with E-state index in [1.54, 1.807) is 0 Å². The Bertz CT molecular complexity index is 677. The smallest absolute Gasteiger partial charge is 0.230 e. The molecule has 1 aromatic heterocycles. The van der Waals surface area contributed by atoms with Gasteiger partial charge in [-0.05, 0) is 55.2 Å². The third-order valence-electron chi connectivity index (χ3n) is 5.51. The Balaban J connectivity index is 1.75. The summed E-state index contributed by atoms with van der Waals surface area (Å²) in [6.07, 6.45) is 5.41. The summed E-state index contributed by atoms with van der Waals surface area (Å²) in [6, 6.07) is 6.50. The van der Waals surface area contributed by atoms with Crippen molar-refractivity contribution in [3.8, 4) is 11.1 Å². The van der Waals surface area contributed by atoms with E-state index >= 15 is 0 Å². The van der Waals surface area contributed by atoms with Crippen LogP contribution in [0.3, 0.4) is 0 Å². The van der Waals surface area contributed by atoms with Gasteiger partial charge in [-0.15, -0.1) is 0 Å². The average molecular weight is 282 g/mol. The van der Waals surface area contributed by atoms with E-state index in [1.165, 1.54) is 36.8 Å². The standard InChI is InChI=1S/C18H22N2O/c1-10-7-8-12(9-11(10)2)15-17(20-21-18(15)19)16-13-5-3-4-6-14(13)16/h7-9,13-14,16H,3-6,19H2,1-2H3. The van der Waals surface area contributed by atoms with Crippen LogP contribution in [-0.2, 0) is 0 Å². The molecule has 2 N–H and O–H groups in total. The van der Waals surface area contributed by atoms with E-state index in [0.29, 0.717) is 11.8 Å². The van der Waals surface area contributed by atoms with Crippen molar-refractivity contribution in [1.82, 2.24) is 5.16 Å². The van der Waals surface area contributed by atoms with Crippen molar-refractivity contribution in [3.05, 3.63) is 35.0 Å². The number of nitrogens with zero attached hydrogens (tertiary/aromatic N) is 1. The highest BCUT2D eigenvalue weighted by atomic mass is 16.5. The zero-order valence-corrected chi connectivity index (χ0v) is 12.7. The minimum atomic E-state index is 0.469. The van der Waals surface area contributed by atoms with Crippen LogP contribution in [0.15, 0.2) is 22.7 Å². The van der Waals surface area contributed by atoms with Crippen molar-refractivity contribution < 1.29 is 4.52 Å². The summed E-state index contributed by atoms with van der Waals surface area (Å²) < 4.78 is 5.36. The monoisotopic (exact) mass is 282 g/mol. The van der Waals surface area contributed by atoms with Crippen LogP contribution in [-0.4, -0.2) is 5.16 Å². The zero-order chi connectivity index (χ0) is 14.6. The first kappa shape index (κ1) is 12.9. The summed E-state index contributed by atoms with van der Waals surface area (Å²) in [5, 5.41) is 4.33. The molecule has 2 aliphatic rings. The summed E-state index contributed by atoms with van der Waals surface area (Å²) in [4.78, 5) is 0. The van der Waals surface area contributed by atoms with E-state index in [4.69, 9.17) is 10.3 Å². The van der Waals surface area contributed by atoms with Crippen LogP contribution in [0.25, 0.3) is 11.1 Å². The fraction of sp³-hybridized carbons (Fsp3) is 0.500. The lowest BCUT2D eigenvalue weighted by atomic mass is 9.98. The van der Waals surface area contributed by atoms with E-state index in [9.17, 15) is 0 Å². The predicted molar refractivity (Wildman–Crippen MR) is 84.0 cm³/mol. The maximum Gasteiger partial charge on any atom is 0.230 e. The summed E-state index contributed by atoms with van der Waals surface area (Å²) in [7, 11) is 0. The van der Waals surface area contributed by atoms with Gasteiger partial charge in [0.15, 0.2) is 0 Å². The summed E-state index contributed by atoms with van der Waals surface area (Å²) >= 11 is 0. The maximum atomic E-state index is 6.09. The molecule has 2 aliphatic carbocycles. The second kappa shape index (κ2) is 4.62. The molecule has 2 saturated carbocycles. The average Bonchev–Trinajstić information content (AvgIpc) is 3.09. The number of fused-ring (bicyclic) bond motifs is 1. The highest BCUT2D eigenvalue weighted by Gasteiger charge is 2.53. The highest BCUT2D eigenvalue weighted by molar-refractivity contribution is 5.76. The molecule has 0 radical (unpaired) electrons. The topological polar surface area (TPSA) is 52.0 Å². The van der Waals surface area contributed by atoms with Crippen molar-refractivity contribution >= 4 is 5.88 Å². The van der Waals surface area contributed by atoms with E-state index in [2.05, 4.69) is 37.2 Å². The largest absolute Gasteiger partial charge is 0.367 e. The molecule has 0 aliphatic heterocycles. The Kier molecular flexibility index (Phi) is 2.84. The Morgan fingerprint density at radius 2 is 1.81 bits per heavy atom. The van der Waals surface area contributed by atoms with Gasteiger partial charge in [0.1, 0.15) is 0 Å². The summed E-state index contributed by atoms with van der Waals surface area (Å²) in [5.74, 6) is 2.67. The van der Waals surface area contributed by atoms with Gasteiger partial charge in [0.05, 0.1) is 11.3 Å². The molecule has 2 aromatic rings.